The quantitative estimate of drug-likeness (QED) is 0.822. The van der Waals surface area contributed by atoms with Gasteiger partial charge in [-0.25, -0.2) is 0 Å². The predicted molar refractivity (Wildman–Crippen MR) is 87.9 cm³/mol. The van der Waals surface area contributed by atoms with Gasteiger partial charge in [0.05, 0.1) is 13.2 Å². The van der Waals surface area contributed by atoms with Crippen molar-refractivity contribution in [2.45, 2.75) is 25.0 Å². The number of rotatable bonds is 7. The van der Waals surface area contributed by atoms with Gasteiger partial charge in [0.15, 0.2) is 0 Å². The van der Waals surface area contributed by atoms with E-state index in [1.165, 1.54) is 18.4 Å². The molecule has 1 saturated carbocycles. The molecule has 0 amide bonds. The molecule has 3 rings (SSSR count). The standard InChI is InChI=1S/C19H23NO2/c1-22-17-11-9-14(10-12-17)18(21)13-20-19(16-7-8-16)15-5-3-2-4-6-15/h2-6,9-12,16,18-21H,7-8,13H2,1H3. The van der Waals surface area contributed by atoms with Crippen LogP contribution >= 0.6 is 0 Å². The number of aliphatic hydroxyl groups excluding tert-OH is 1. The highest BCUT2D eigenvalue weighted by Gasteiger charge is 2.32. The highest BCUT2D eigenvalue weighted by atomic mass is 16.5. The van der Waals surface area contributed by atoms with Crippen LogP contribution in [0.15, 0.2) is 54.6 Å². The Balaban J connectivity index is 1.62. The minimum absolute atomic E-state index is 0.342. The molecule has 3 nitrogen and oxygen atoms in total. The number of methoxy groups -OCH3 is 1. The van der Waals surface area contributed by atoms with E-state index in [1.54, 1.807) is 7.11 Å². The van der Waals surface area contributed by atoms with Crippen molar-refractivity contribution in [2.75, 3.05) is 13.7 Å². The van der Waals surface area contributed by atoms with Gasteiger partial charge in [0, 0.05) is 12.6 Å². The minimum atomic E-state index is -0.504. The van der Waals surface area contributed by atoms with Crippen LogP contribution in [0.4, 0.5) is 0 Å². The summed E-state index contributed by atoms with van der Waals surface area (Å²) >= 11 is 0. The van der Waals surface area contributed by atoms with Crippen LogP contribution in [0, 0.1) is 5.92 Å². The maximum atomic E-state index is 10.4. The fourth-order valence-electron chi connectivity index (χ4n) is 2.83. The van der Waals surface area contributed by atoms with E-state index in [-0.39, 0.29) is 0 Å². The summed E-state index contributed by atoms with van der Waals surface area (Å²) in [5.41, 5.74) is 2.22. The van der Waals surface area contributed by atoms with Crippen molar-refractivity contribution in [3.8, 4) is 5.75 Å². The molecule has 2 aromatic rings. The van der Waals surface area contributed by atoms with Gasteiger partial charge >= 0.3 is 0 Å². The molecule has 2 aromatic carbocycles. The van der Waals surface area contributed by atoms with Crippen molar-refractivity contribution in [2.24, 2.45) is 5.92 Å². The first-order chi connectivity index (χ1) is 10.8. The number of benzene rings is 2. The van der Waals surface area contributed by atoms with Gasteiger partial charge < -0.3 is 15.2 Å². The van der Waals surface area contributed by atoms with Gasteiger partial charge in [0.25, 0.3) is 0 Å². The zero-order valence-corrected chi connectivity index (χ0v) is 12.9. The van der Waals surface area contributed by atoms with Crippen LogP contribution in [0.2, 0.25) is 0 Å². The summed E-state index contributed by atoms with van der Waals surface area (Å²) in [5.74, 6) is 1.51. The molecule has 0 aromatic heterocycles. The van der Waals surface area contributed by atoms with Gasteiger partial charge in [-0.05, 0) is 42.0 Å². The van der Waals surface area contributed by atoms with Crippen LogP contribution in [-0.4, -0.2) is 18.8 Å². The van der Waals surface area contributed by atoms with Gasteiger partial charge in [-0.15, -0.1) is 0 Å². The molecule has 0 saturated heterocycles. The molecule has 3 heteroatoms. The zero-order valence-electron chi connectivity index (χ0n) is 12.9. The first kappa shape index (κ1) is 15.1. The van der Waals surface area contributed by atoms with Crippen LogP contribution < -0.4 is 10.1 Å². The molecule has 22 heavy (non-hydrogen) atoms. The Kier molecular flexibility index (Phi) is 4.76. The number of aliphatic hydroxyl groups is 1. The third kappa shape index (κ3) is 3.67. The Morgan fingerprint density at radius 1 is 1.05 bits per heavy atom. The Labute approximate surface area is 131 Å². The second-order valence-electron chi connectivity index (χ2n) is 5.92. The molecule has 1 fully saturated rings. The highest BCUT2D eigenvalue weighted by molar-refractivity contribution is 5.28. The molecule has 1 aliphatic rings. The van der Waals surface area contributed by atoms with E-state index < -0.39 is 6.10 Å². The minimum Gasteiger partial charge on any atom is -0.497 e. The smallest absolute Gasteiger partial charge is 0.118 e. The molecule has 0 aliphatic heterocycles. The van der Waals surface area contributed by atoms with E-state index in [4.69, 9.17) is 4.74 Å². The fraction of sp³-hybridized carbons (Fsp3) is 0.368. The van der Waals surface area contributed by atoms with Crippen molar-refractivity contribution < 1.29 is 9.84 Å². The lowest BCUT2D eigenvalue weighted by Crippen LogP contribution is -2.27. The number of ether oxygens (including phenoxy) is 1. The van der Waals surface area contributed by atoms with Crippen molar-refractivity contribution in [3.05, 3.63) is 65.7 Å². The first-order valence-electron chi connectivity index (χ1n) is 7.88. The molecule has 2 N–H and O–H groups in total. The van der Waals surface area contributed by atoms with Gasteiger partial charge in [0.1, 0.15) is 5.75 Å². The maximum absolute atomic E-state index is 10.4. The van der Waals surface area contributed by atoms with Crippen molar-refractivity contribution in [1.82, 2.24) is 5.32 Å². The number of nitrogens with one attached hydrogen (secondary N) is 1. The van der Waals surface area contributed by atoms with Gasteiger partial charge in [-0.2, -0.15) is 0 Å². The first-order valence-corrected chi connectivity index (χ1v) is 7.88. The average molecular weight is 297 g/mol. The average Bonchev–Trinajstić information content (AvgIpc) is 3.41. The van der Waals surface area contributed by atoms with Crippen LogP contribution in [0.25, 0.3) is 0 Å². The summed E-state index contributed by atoms with van der Waals surface area (Å²) in [6, 6.07) is 18.5. The number of hydrogen-bond donors (Lipinski definition) is 2. The fourth-order valence-corrected chi connectivity index (χ4v) is 2.83. The Morgan fingerprint density at radius 2 is 1.73 bits per heavy atom. The topological polar surface area (TPSA) is 41.5 Å². The molecule has 0 bridgehead atoms. The summed E-state index contributed by atoms with van der Waals surface area (Å²) in [5, 5.41) is 13.9. The largest absolute Gasteiger partial charge is 0.497 e. The van der Waals surface area contributed by atoms with Crippen LogP contribution in [0.3, 0.4) is 0 Å². The van der Waals surface area contributed by atoms with Crippen LogP contribution in [-0.2, 0) is 0 Å². The van der Waals surface area contributed by atoms with Crippen molar-refractivity contribution in [1.29, 1.82) is 0 Å². The lowest BCUT2D eigenvalue weighted by molar-refractivity contribution is 0.168. The SMILES string of the molecule is COc1ccc(C(O)CNC(c2ccccc2)C2CC2)cc1. The predicted octanol–water partition coefficient (Wildman–Crippen LogP) is 3.47. The van der Waals surface area contributed by atoms with E-state index in [0.717, 1.165) is 11.3 Å². The van der Waals surface area contributed by atoms with E-state index in [9.17, 15) is 5.11 Å². The lowest BCUT2D eigenvalue weighted by atomic mass is 10.0. The van der Waals surface area contributed by atoms with Crippen molar-refractivity contribution in [3.63, 3.8) is 0 Å². The molecule has 0 spiro atoms. The summed E-state index contributed by atoms with van der Waals surface area (Å²) < 4.78 is 5.15. The van der Waals surface area contributed by atoms with Gasteiger partial charge in [-0.1, -0.05) is 42.5 Å². The Hall–Kier alpha value is -1.84. The summed E-state index contributed by atoms with van der Waals surface area (Å²) in [6.07, 6.45) is 2.03. The van der Waals surface area contributed by atoms with Crippen molar-refractivity contribution >= 4 is 0 Å². The lowest BCUT2D eigenvalue weighted by Gasteiger charge is -2.21. The summed E-state index contributed by atoms with van der Waals surface area (Å²) in [4.78, 5) is 0. The Morgan fingerprint density at radius 3 is 2.32 bits per heavy atom. The molecule has 2 unspecified atom stereocenters. The van der Waals surface area contributed by atoms with Gasteiger partial charge in [-0.3, -0.25) is 0 Å². The second kappa shape index (κ2) is 6.95. The monoisotopic (exact) mass is 297 g/mol. The molecule has 2 atom stereocenters. The van der Waals surface area contributed by atoms with Crippen LogP contribution in [0.1, 0.15) is 36.1 Å². The van der Waals surface area contributed by atoms with E-state index in [2.05, 4.69) is 29.6 Å². The summed E-state index contributed by atoms with van der Waals surface area (Å²) in [7, 11) is 1.65. The van der Waals surface area contributed by atoms with E-state index >= 15 is 0 Å². The zero-order chi connectivity index (χ0) is 15.4. The molecular weight excluding hydrogens is 274 g/mol. The molecule has 0 radical (unpaired) electrons. The third-order valence-electron chi connectivity index (χ3n) is 4.28. The van der Waals surface area contributed by atoms with Crippen LogP contribution in [0.5, 0.6) is 5.75 Å². The molecule has 116 valence electrons. The number of hydrogen-bond acceptors (Lipinski definition) is 3. The summed E-state index contributed by atoms with van der Waals surface area (Å²) in [6.45, 7) is 0.558. The van der Waals surface area contributed by atoms with Gasteiger partial charge in [0.2, 0.25) is 0 Å². The molecule has 1 aliphatic carbocycles. The maximum Gasteiger partial charge on any atom is 0.118 e. The normalized spacial score (nSPS) is 17.0. The highest BCUT2D eigenvalue weighted by Crippen LogP contribution is 2.41. The molecular formula is C19H23NO2. The Bertz CT molecular complexity index is 578. The second-order valence-corrected chi connectivity index (χ2v) is 5.92. The third-order valence-corrected chi connectivity index (χ3v) is 4.28. The molecule has 0 heterocycles. The van der Waals surface area contributed by atoms with E-state index in [0.29, 0.717) is 18.5 Å². The van der Waals surface area contributed by atoms with E-state index in [1.807, 2.05) is 30.3 Å².